The zero-order chi connectivity index (χ0) is 14.1. The summed E-state index contributed by atoms with van der Waals surface area (Å²) in [4.78, 5) is 0. The molecule has 2 rings (SSSR count). The molecule has 0 bridgehead atoms. The molecule has 0 N–H and O–H groups in total. The third kappa shape index (κ3) is 5.09. The molecule has 21 heavy (non-hydrogen) atoms. The van der Waals surface area contributed by atoms with Gasteiger partial charge in [-0.2, -0.15) is 0 Å². The second-order valence-corrected chi connectivity index (χ2v) is 11.5. The molecule has 0 aliphatic heterocycles. The van der Waals surface area contributed by atoms with Crippen LogP contribution in [0.4, 0.5) is 0 Å². The summed E-state index contributed by atoms with van der Waals surface area (Å²) < 4.78 is 8.02. The van der Waals surface area contributed by atoms with E-state index in [1.54, 1.807) is 0 Å². The fourth-order valence-electron chi connectivity index (χ4n) is 2.59. The van der Waals surface area contributed by atoms with Crippen molar-refractivity contribution in [2.45, 2.75) is 38.6 Å². The van der Waals surface area contributed by atoms with Crippen LogP contribution in [0.2, 0.25) is 19.6 Å². The number of halogens is 2. The van der Waals surface area contributed by atoms with Crippen molar-refractivity contribution in [2.24, 2.45) is 0 Å². The van der Waals surface area contributed by atoms with E-state index < -0.39 is 8.32 Å². The summed E-state index contributed by atoms with van der Waals surface area (Å²) >= 11 is 2.21. The molecular weight excluding hydrogens is 355 g/mol. The van der Waals surface area contributed by atoms with Crippen molar-refractivity contribution < 1.29 is 24.9 Å². The average Bonchev–Trinajstić information content (AvgIpc) is 2.75. The van der Waals surface area contributed by atoms with Gasteiger partial charge in [0.25, 0.3) is 0 Å². The van der Waals surface area contributed by atoms with E-state index in [2.05, 4.69) is 89.5 Å². The molecule has 1 aliphatic rings. The SMILES string of the molecule is CC(O[Si](C)(C)C)(C1=[C]([Ti])CC=C1)c1ccccc1.Cl.Cl. The fraction of sp³-hybridized carbons (Fsp3) is 0.375. The Morgan fingerprint density at radius 2 is 1.67 bits per heavy atom. The van der Waals surface area contributed by atoms with Gasteiger partial charge in [-0.1, -0.05) is 0 Å². The first-order valence-corrected chi connectivity index (χ1v) is 10.9. The summed E-state index contributed by atoms with van der Waals surface area (Å²) in [5.41, 5.74) is 2.27. The number of rotatable bonds is 4. The molecule has 1 atom stereocenters. The minimum atomic E-state index is -1.64. The van der Waals surface area contributed by atoms with E-state index in [0.29, 0.717) is 0 Å². The second kappa shape index (κ2) is 8.14. The van der Waals surface area contributed by atoms with Crippen LogP contribution in [0.25, 0.3) is 0 Å². The topological polar surface area (TPSA) is 9.23 Å². The Labute approximate surface area is 153 Å². The normalized spacial score (nSPS) is 16.9. The van der Waals surface area contributed by atoms with E-state index in [1.165, 1.54) is 15.0 Å². The van der Waals surface area contributed by atoms with Gasteiger partial charge in [-0.15, -0.1) is 24.8 Å². The van der Waals surface area contributed by atoms with Crippen molar-refractivity contribution in [3.05, 3.63) is 57.5 Å². The van der Waals surface area contributed by atoms with Crippen LogP contribution in [0.5, 0.6) is 0 Å². The Morgan fingerprint density at radius 3 is 2.10 bits per heavy atom. The van der Waals surface area contributed by atoms with Gasteiger partial charge in [-0.3, -0.25) is 0 Å². The Kier molecular flexibility index (Phi) is 8.21. The van der Waals surface area contributed by atoms with Crippen molar-refractivity contribution >= 4 is 33.1 Å². The zero-order valence-electron chi connectivity index (χ0n) is 13.0. The van der Waals surface area contributed by atoms with E-state index in [0.717, 1.165) is 6.42 Å². The van der Waals surface area contributed by atoms with Crippen molar-refractivity contribution in [1.82, 2.24) is 0 Å². The summed E-state index contributed by atoms with van der Waals surface area (Å²) in [6.45, 7) is 8.98. The molecule has 0 fully saturated rings. The fourth-order valence-corrected chi connectivity index (χ4v) is 4.73. The molecule has 0 saturated heterocycles. The first-order valence-electron chi connectivity index (χ1n) is 6.70. The smallest absolute Gasteiger partial charge is 0.147 e. The van der Waals surface area contributed by atoms with Crippen LogP contribution in [0.3, 0.4) is 0 Å². The standard InChI is InChI=1S/C16H21OSi.2ClH.Ti/c1-16(17-18(2,3)4,15-12-8-9-13-15)14-10-6-5-7-11-14;;;/h5-8,10-12H,9H2,1-4H3;2*1H;. The molecule has 115 valence electrons. The maximum Gasteiger partial charge on any atom is -0.147 e. The number of allylic oxidation sites excluding steroid dienone is 2. The van der Waals surface area contributed by atoms with Crippen molar-refractivity contribution in [1.29, 1.82) is 0 Å². The van der Waals surface area contributed by atoms with Crippen LogP contribution in [0, 0.1) is 0 Å². The molecule has 0 saturated carbocycles. The van der Waals surface area contributed by atoms with E-state index in [1.807, 2.05) is 0 Å². The molecule has 1 aromatic rings. The number of benzene rings is 1. The van der Waals surface area contributed by atoms with E-state index in [4.69, 9.17) is 4.43 Å². The van der Waals surface area contributed by atoms with Crippen molar-refractivity contribution in [3.8, 4) is 0 Å². The number of hydrogen-bond donors (Lipinski definition) is 0. The molecular formula is C16H23Cl2OSiTi. The van der Waals surface area contributed by atoms with Crippen LogP contribution < -0.4 is 0 Å². The Morgan fingerprint density at radius 1 is 1.10 bits per heavy atom. The quantitative estimate of drug-likeness (QED) is 0.642. The Bertz CT molecular complexity index is 523. The maximum absolute atomic E-state index is 6.60. The van der Waals surface area contributed by atoms with Crippen LogP contribution in [0.1, 0.15) is 18.9 Å². The predicted octanol–water partition coefficient (Wildman–Crippen LogP) is 5.36. The molecule has 0 spiro atoms. The van der Waals surface area contributed by atoms with Gasteiger partial charge in [0.1, 0.15) is 0 Å². The third-order valence-electron chi connectivity index (χ3n) is 3.28. The summed E-state index contributed by atoms with van der Waals surface area (Å²) in [6, 6.07) is 10.6. The van der Waals surface area contributed by atoms with Crippen LogP contribution in [0.15, 0.2) is 51.9 Å². The van der Waals surface area contributed by atoms with Gasteiger partial charge in [0.2, 0.25) is 0 Å². The monoisotopic (exact) mass is 377 g/mol. The zero-order valence-corrected chi connectivity index (χ0v) is 17.2. The van der Waals surface area contributed by atoms with Gasteiger partial charge in [0.15, 0.2) is 0 Å². The molecule has 5 heteroatoms. The van der Waals surface area contributed by atoms with Crippen LogP contribution in [-0.2, 0) is 30.5 Å². The first kappa shape index (κ1) is 21.2. The average molecular weight is 378 g/mol. The summed E-state index contributed by atoms with van der Waals surface area (Å²) in [5.74, 6) is 0. The van der Waals surface area contributed by atoms with Gasteiger partial charge < -0.3 is 0 Å². The summed E-state index contributed by atoms with van der Waals surface area (Å²) in [5, 5.41) is 0. The molecule has 0 radical (unpaired) electrons. The largest absolute Gasteiger partial charge is 0.147 e. The van der Waals surface area contributed by atoms with Crippen molar-refractivity contribution in [2.75, 3.05) is 0 Å². The molecule has 1 nitrogen and oxygen atoms in total. The van der Waals surface area contributed by atoms with Crippen LogP contribution >= 0.6 is 24.8 Å². The second-order valence-electron chi connectivity index (χ2n) is 6.11. The first-order chi connectivity index (χ1) is 8.83. The van der Waals surface area contributed by atoms with Crippen molar-refractivity contribution in [3.63, 3.8) is 0 Å². The van der Waals surface area contributed by atoms with E-state index in [-0.39, 0.29) is 30.4 Å². The predicted molar refractivity (Wildman–Crippen MR) is 93.5 cm³/mol. The van der Waals surface area contributed by atoms with E-state index >= 15 is 0 Å². The molecule has 1 aliphatic carbocycles. The molecule has 0 aromatic heterocycles. The molecule has 1 aromatic carbocycles. The maximum atomic E-state index is 6.60. The minimum absolute atomic E-state index is 0. The summed E-state index contributed by atoms with van der Waals surface area (Å²) in [7, 11) is -1.64. The minimum Gasteiger partial charge on any atom is -0.147 e. The molecule has 0 amide bonds. The van der Waals surface area contributed by atoms with Crippen LogP contribution in [-0.4, -0.2) is 8.32 Å². The Hall–Kier alpha value is 0.171. The van der Waals surface area contributed by atoms with Gasteiger partial charge >= 0.3 is 129 Å². The third-order valence-corrected chi connectivity index (χ3v) is 5.04. The van der Waals surface area contributed by atoms with Gasteiger partial charge in [0.05, 0.1) is 0 Å². The van der Waals surface area contributed by atoms with Gasteiger partial charge in [-0.25, -0.2) is 0 Å². The number of hydrogen-bond acceptors (Lipinski definition) is 1. The van der Waals surface area contributed by atoms with E-state index in [9.17, 15) is 0 Å². The molecule has 1 unspecified atom stereocenters. The van der Waals surface area contributed by atoms with Gasteiger partial charge in [-0.05, 0) is 0 Å². The summed E-state index contributed by atoms with van der Waals surface area (Å²) in [6.07, 6.45) is 5.52. The molecule has 0 heterocycles. The Balaban J connectivity index is 0.00000200. The van der Waals surface area contributed by atoms with Gasteiger partial charge in [0, 0.05) is 0 Å².